The van der Waals surface area contributed by atoms with Gasteiger partial charge in [-0.3, -0.25) is 15.1 Å². The van der Waals surface area contributed by atoms with Crippen LogP contribution in [0.3, 0.4) is 0 Å². The van der Waals surface area contributed by atoms with Crippen molar-refractivity contribution in [1.82, 2.24) is 5.32 Å². The lowest BCUT2D eigenvalue weighted by molar-refractivity contribution is -0.384. The Bertz CT molecular complexity index is 822. The summed E-state index contributed by atoms with van der Waals surface area (Å²) in [4.78, 5) is 14.6. The Kier molecular flexibility index (Phi) is 8.75. The van der Waals surface area contributed by atoms with Gasteiger partial charge in [0.25, 0.3) is 5.69 Å². The average molecular weight is 400 g/mol. The number of non-ortho nitro benzene ring substituents is 1. The van der Waals surface area contributed by atoms with Gasteiger partial charge in [-0.1, -0.05) is 18.2 Å². The summed E-state index contributed by atoms with van der Waals surface area (Å²) in [6, 6.07) is 12.5. The molecule has 0 aliphatic carbocycles. The van der Waals surface area contributed by atoms with Gasteiger partial charge in [0.1, 0.15) is 0 Å². The minimum absolute atomic E-state index is 0.116. The molecule has 0 aliphatic rings. The van der Waals surface area contributed by atoms with E-state index in [9.17, 15) is 10.1 Å². The van der Waals surface area contributed by atoms with E-state index >= 15 is 0 Å². The second-order valence-corrected chi connectivity index (χ2v) is 6.51. The van der Waals surface area contributed by atoms with Crippen LogP contribution in [-0.2, 0) is 12.8 Å². The molecule has 2 aromatic carbocycles. The largest absolute Gasteiger partial charge is 0.493 e. The number of guanidine groups is 1. The predicted octanol–water partition coefficient (Wildman–Crippen LogP) is 3.08. The monoisotopic (exact) mass is 400 g/mol. The van der Waals surface area contributed by atoms with E-state index in [1.165, 1.54) is 12.1 Å². The molecule has 0 unspecified atom stereocenters. The fourth-order valence-electron chi connectivity index (χ4n) is 2.85. The number of aryl methyl sites for hydroxylation is 1. The summed E-state index contributed by atoms with van der Waals surface area (Å²) in [7, 11) is 3.23. The first-order valence-electron chi connectivity index (χ1n) is 9.51. The third-order valence-electron chi connectivity index (χ3n) is 4.47. The van der Waals surface area contributed by atoms with Gasteiger partial charge in [-0.15, -0.1) is 0 Å². The van der Waals surface area contributed by atoms with Crippen molar-refractivity contribution < 1.29 is 14.4 Å². The molecule has 0 bridgehead atoms. The van der Waals surface area contributed by atoms with Crippen LogP contribution in [-0.4, -0.2) is 38.2 Å². The zero-order valence-corrected chi connectivity index (χ0v) is 16.9. The molecule has 0 atom stereocenters. The summed E-state index contributed by atoms with van der Waals surface area (Å²) < 4.78 is 10.5. The number of ether oxygens (including phenoxy) is 2. The summed E-state index contributed by atoms with van der Waals surface area (Å²) in [6.45, 7) is 1.32. The lowest BCUT2D eigenvalue weighted by Gasteiger charge is -2.10. The standard InChI is InChI=1S/C21H28N4O4/c1-28-19-11-8-17(15-20(19)29-2)12-14-24-21(22)23-13-4-3-5-16-6-9-18(10-7-16)25(26)27/h6-11,15H,3-5,12-14H2,1-2H3,(H3,22,23,24). The van der Waals surface area contributed by atoms with E-state index in [0.29, 0.717) is 30.5 Å². The quantitative estimate of drug-likeness (QED) is 0.197. The number of nitrogens with one attached hydrogen (secondary N) is 1. The van der Waals surface area contributed by atoms with E-state index in [-0.39, 0.29) is 10.6 Å². The van der Waals surface area contributed by atoms with Gasteiger partial charge in [0, 0.05) is 25.2 Å². The van der Waals surface area contributed by atoms with Gasteiger partial charge < -0.3 is 20.5 Å². The molecule has 0 saturated carbocycles. The lowest BCUT2D eigenvalue weighted by atomic mass is 10.1. The van der Waals surface area contributed by atoms with Gasteiger partial charge >= 0.3 is 0 Å². The zero-order valence-electron chi connectivity index (χ0n) is 16.9. The number of nitrogens with two attached hydrogens (primary N) is 1. The molecule has 0 spiro atoms. The average Bonchev–Trinajstić information content (AvgIpc) is 2.73. The van der Waals surface area contributed by atoms with Crippen molar-refractivity contribution in [2.75, 3.05) is 27.3 Å². The molecule has 0 aromatic heterocycles. The number of nitro benzene ring substituents is 1. The highest BCUT2D eigenvalue weighted by Gasteiger charge is 2.05. The Labute approximate surface area is 170 Å². The number of nitro groups is 1. The van der Waals surface area contributed by atoms with Crippen molar-refractivity contribution in [1.29, 1.82) is 0 Å². The SMILES string of the molecule is COc1ccc(CCNC(N)=NCCCCc2ccc([N+](=O)[O-])cc2)cc1OC. The summed E-state index contributed by atoms with van der Waals surface area (Å²) in [5, 5.41) is 13.8. The maximum absolute atomic E-state index is 10.6. The minimum atomic E-state index is -0.389. The molecule has 3 N–H and O–H groups in total. The van der Waals surface area contributed by atoms with Gasteiger partial charge in [-0.2, -0.15) is 0 Å². The second-order valence-electron chi connectivity index (χ2n) is 6.51. The van der Waals surface area contributed by atoms with Gasteiger partial charge in [0.2, 0.25) is 0 Å². The van der Waals surface area contributed by atoms with E-state index in [0.717, 1.165) is 36.8 Å². The van der Waals surface area contributed by atoms with Gasteiger partial charge in [-0.05, 0) is 48.9 Å². The molecule has 0 amide bonds. The number of rotatable bonds is 11. The zero-order chi connectivity index (χ0) is 21.1. The van der Waals surface area contributed by atoms with E-state index in [2.05, 4.69) is 10.3 Å². The maximum atomic E-state index is 10.6. The topological polar surface area (TPSA) is 112 Å². The Morgan fingerprint density at radius 1 is 1.03 bits per heavy atom. The van der Waals surface area contributed by atoms with Crippen molar-refractivity contribution in [3.8, 4) is 11.5 Å². The predicted molar refractivity (Wildman–Crippen MR) is 114 cm³/mol. The Hall–Kier alpha value is -3.29. The summed E-state index contributed by atoms with van der Waals surface area (Å²) in [5.41, 5.74) is 8.22. The van der Waals surface area contributed by atoms with Crippen molar-refractivity contribution in [2.45, 2.75) is 25.7 Å². The molecule has 0 radical (unpaired) electrons. The van der Waals surface area contributed by atoms with Crippen LogP contribution in [0.25, 0.3) is 0 Å². The van der Waals surface area contributed by atoms with Gasteiger partial charge in [0.15, 0.2) is 17.5 Å². The van der Waals surface area contributed by atoms with E-state index < -0.39 is 0 Å². The molecule has 8 heteroatoms. The summed E-state index contributed by atoms with van der Waals surface area (Å²) in [6.07, 6.45) is 3.49. The second kappa shape index (κ2) is 11.5. The summed E-state index contributed by atoms with van der Waals surface area (Å²) >= 11 is 0. The van der Waals surface area contributed by atoms with Crippen LogP contribution in [0.5, 0.6) is 11.5 Å². The van der Waals surface area contributed by atoms with E-state index in [1.807, 2.05) is 18.2 Å². The van der Waals surface area contributed by atoms with Crippen LogP contribution in [0.4, 0.5) is 5.69 Å². The van der Waals surface area contributed by atoms with Crippen LogP contribution in [0.1, 0.15) is 24.0 Å². The highest BCUT2D eigenvalue weighted by atomic mass is 16.6. The third-order valence-corrected chi connectivity index (χ3v) is 4.47. The lowest BCUT2D eigenvalue weighted by Crippen LogP contribution is -2.33. The van der Waals surface area contributed by atoms with E-state index in [4.69, 9.17) is 15.2 Å². The van der Waals surface area contributed by atoms with Crippen LogP contribution in [0.15, 0.2) is 47.5 Å². The molecule has 29 heavy (non-hydrogen) atoms. The first kappa shape index (κ1) is 22.0. The molecule has 8 nitrogen and oxygen atoms in total. The normalized spacial score (nSPS) is 11.2. The molecule has 2 aromatic rings. The molecule has 0 aliphatic heterocycles. The molecule has 2 rings (SSSR count). The van der Waals surface area contributed by atoms with Gasteiger partial charge in [-0.25, -0.2) is 0 Å². The first-order chi connectivity index (χ1) is 14.0. The Morgan fingerprint density at radius 3 is 2.38 bits per heavy atom. The first-order valence-corrected chi connectivity index (χ1v) is 9.51. The fourth-order valence-corrected chi connectivity index (χ4v) is 2.85. The highest BCUT2D eigenvalue weighted by Crippen LogP contribution is 2.27. The van der Waals surface area contributed by atoms with Crippen molar-refractivity contribution in [2.24, 2.45) is 10.7 Å². The third kappa shape index (κ3) is 7.33. The number of hydrogen-bond acceptors (Lipinski definition) is 5. The highest BCUT2D eigenvalue weighted by molar-refractivity contribution is 5.77. The van der Waals surface area contributed by atoms with Gasteiger partial charge in [0.05, 0.1) is 19.1 Å². The maximum Gasteiger partial charge on any atom is 0.269 e. The summed E-state index contributed by atoms with van der Waals surface area (Å²) in [5.74, 6) is 1.85. The van der Waals surface area contributed by atoms with Crippen LogP contribution in [0, 0.1) is 10.1 Å². The Balaban J connectivity index is 1.65. The number of aliphatic imine (C=N–C) groups is 1. The minimum Gasteiger partial charge on any atom is -0.493 e. The number of methoxy groups -OCH3 is 2. The molecular formula is C21H28N4O4. The van der Waals surface area contributed by atoms with Crippen LogP contribution >= 0.6 is 0 Å². The van der Waals surface area contributed by atoms with Crippen molar-refractivity contribution >= 4 is 11.6 Å². The van der Waals surface area contributed by atoms with E-state index in [1.54, 1.807) is 26.4 Å². The number of hydrogen-bond donors (Lipinski definition) is 2. The fraction of sp³-hybridized carbons (Fsp3) is 0.381. The molecule has 156 valence electrons. The van der Waals surface area contributed by atoms with Crippen LogP contribution in [0.2, 0.25) is 0 Å². The molecule has 0 heterocycles. The number of unbranched alkanes of at least 4 members (excludes halogenated alkanes) is 1. The number of benzene rings is 2. The number of nitrogens with zero attached hydrogens (tertiary/aromatic N) is 2. The smallest absolute Gasteiger partial charge is 0.269 e. The molecule has 0 saturated heterocycles. The molecular weight excluding hydrogens is 372 g/mol. The van der Waals surface area contributed by atoms with Crippen molar-refractivity contribution in [3.05, 3.63) is 63.7 Å². The molecule has 0 fully saturated rings. The van der Waals surface area contributed by atoms with Crippen molar-refractivity contribution in [3.63, 3.8) is 0 Å². The Morgan fingerprint density at radius 2 is 1.72 bits per heavy atom. The van der Waals surface area contributed by atoms with Crippen LogP contribution < -0.4 is 20.5 Å².